The van der Waals surface area contributed by atoms with Gasteiger partial charge in [0.2, 0.25) is 5.91 Å². The van der Waals surface area contributed by atoms with E-state index in [-0.39, 0.29) is 29.8 Å². The van der Waals surface area contributed by atoms with Crippen molar-refractivity contribution in [3.8, 4) is 10.6 Å². The number of nitrogens with zero attached hydrogens (tertiary/aromatic N) is 1. The fourth-order valence-electron chi connectivity index (χ4n) is 3.56. The molecule has 2 aromatic rings. The first kappa shape index (κ1) is 20.8. The number of carbonyl (C=O) groups excluding carboxylic acids is 2. The van der Waals surface area contributed by atoms with Crippen LogP contribution in [0.5, 0.6) is 0 Å². The number of thiazole rings is 1. The maximum atomic E-state index is 12.8. The SMILES string of the molecule is Cc1nc(-c2cccc(Cl)c2)sc1C(=O)NC1CCCC(C(=O)NC(C)C)C1. The van der Waals surface area contributed by atoms with Gasteiger partial charge in [-0.25, -0.2) is 4.98 Å². The Labute approximate surface area is 174 Å². The molecule has 2 amide bonds. The van der Waals surface area contributed by atoms with Crippen LogP contribution in [0.15, 0.2) is 24.3 Å². The van der Waals surface area contributed by atoms with Crippen molar-refractivity contribution >= 4 is 34.8 Å². The third-order valence-electron chi connectivity index (χ3n) is 4.89. The third kappa shape index (κ3) is 5.11. The molecule has 2 N–H and O–H groups in total. The fraction of sp³-hybridized carbons (Fsp3) is 0.476. The van der Waals surface area contributed by atoms with E-state index in [1.807, 2.05) is 45.0 Å². The van der Waals surface area contributed by atoms with Crippen LogP contribution in [0.25, 0.3) is 10.6 Å². The molecule has 1 aliphatic rings. The number of nitrogens with one attached hydrogen (secondary N) is 2. The van der Waals surface area contributed by atoms with Crippen LogP contribution in [0, 0.1) is 12.8 Å². The molecule has 150 valence electrons. The van der Waals surface area contributed by atoms with Crippen molar-refractivity contribution in [2.45, 2.75) is 58.5 Å². The van der Waals surface area contributed by atoms with Crippen LogP contribution < -0.4 is 10.6 Å². The molecule has 0 bridgehead atoms. The van der Waals surface area contributed by atoms with Gasteiger partial charge in [0.1, 0.15) is 9.88 Å². The van der Waals surface area contributed by atoms with Crippen LogP contribution in [0.4, 0.5) is 0 Å². The van der Waals surface area contributed by atoms with Gasteiger partial charge in [-0.15, -0.1) is 11.3 Å². The molecule has 0 aliphatic heterocycles. The van der Waals surface area contributed by atoms with Gasteiger partial charge in [0.15, 0.2) is 0 Å². The first-order valence-corrected chi connectivity index (χ1v) is 10.9. The topological polar surface area (TPSA) is 71.1 Å². The second-order valence-electron chi connectivity index (χ2n) is 7.64. The predicted molar refractivity (Wildman–Crippen MR) is 114 cm³/mol. The Morgan fingerprint density at radius 2 is 2.07 bits per heavy atom. The molecular weight excluding hydrogens is 394 g/mol. The van der Waals surface area contributed by atoms with Crippen LogP contribution in [0.2, 0.25) is 5.02 Å². The second-order valence-corrected chi connectivity index (χ2v) is 9.08. The van der Waals surface area contributed by atoms with Crippen LogP contribution in [0.1, 0.15) is 54.9 Å². The highest BCUT2D eigenvalue weighted by atomic mass is 35.5. The quantitative estimate of drug-likeness (QED) is 0.744. The van der Waals surface area contributed by atoms with Gasteiger partial charge in [0, 0.05) is 28.6 Å². The van der Waals surface area contributed by atoms with E-state index < -0.39 is 0 Å². The lowest BCUT2D eigenvalue weighted by molar-refractivity contribution is -0.126. The smallest absolute Gasteiger partial charge is 0.263 e. The molecule has 2 atom stereocenters. The highest BCUT2D eigenvalue weighted by Crippen LogP contribution is 2.30. The molecule has 1 heterocycles. The van der Waals surface area contributed by atoms with Crippen molar-refractivity contribution in [1.82, 2.24) is 15.6 Å². The standard InChI is InChI=1S/C21H26ClN3O2S/c1-12(2)23-19(26)14-6-5-9-17(11-14)25-20(27)18-13(3)24-21(28-18)15-7-4-8-16(22)10-15/h4,7-8,10,12,14,17H,5-6,9,11H2,1-3H3,(H,23,26)(H,25,27). The summed E-state index contributed by atoms with van der Waals surface area (Å²) in [6, 6.07) is 7.62. The van der Waals surface area contributed by atoms with Crippen molar-refractivity contribution < 1.29 is 9.59 Å². The first-order valence-electron chi connectivity index (χ1n) is 9.68. The Kier molecular flexibility index (Phi) is 6.73. The van der Waals surface area contributed by atoms with Gasteiger partial charge in [0.05, 0.1) is 5.69 Å². The number of aromatic nitrogens is 1. The number of benzene rings is 1. The number of aryl methyl sites for hydroxylation is 1. The number of halogens is 1. The molecule has 2 unspecified atom stereocenters. The monoisotopic (exact) mass is 419 g/mol. The van der Waals surface area contributed by atoms with E-state index in [2.05, 4.69) is 15.6 Å². The largest absolute Gasteiger partial charge is 0.354 e. The van der Waals surface area contributed by atoms with Crippen molar-refractivity contribution in [2.24, 2.45) is 5.92 Å². The van der Waals surface area contributed by atoms with E-state index in [9.17, 15) is 9.59 Å². The molecule has 7 heteroatoms. The molecule has 1 aromatic carbocycles. The van der Waals surface area contributed by atoms with E-state index in [0.717, 1.165) is 29.8 Å². The summed E-state index contributed by atoms with van der Waals surface area (Å²) in [7, 11) is 0. The minimum atomic E-state index is -0.113. The first-order chi connectivity index (χ1) is 13.3. The molecule has 1 aliphatic carbocycles. The number of amides is 2. The zero-order valence-corrected chi connectivity index (χ0v) is 18.0. The average Bonchev–Trinajstić information content (AvgIpc) is 3.03. The van der Waals surface area contributed by atoms with Crippen LogP contribution >= 0.6 is 22.9 Å². The molecule has 1 fully saturated rings. The van der Waals surface area contributed by atoms with Gasteiger partial charge >= 0.3 is 0 Å². The minimum Gasteiger partial charge on any atom is -0.354 e. The van der Waals surface area contributed by atoms with E-state index in [1.165, 1.54) is 11.3 Å². The molecule has 28 heavy (non-hydrogen) atoms. The molecule has 0 saturated heterocycles. The zero-order valence-electron chi connectivity index (χ0n) is 16.4. The summed E-state index contributed by atoms with van der Waals surface area (Å²) in [6.07, 6.45) is 3.40. The Hall–Kier alpha value is -1.92. The summed E-state index contributed by atoms with van der Waals surface area (Å²) in [5, 5.41) is 7.52. The fourth-order valence-corrected chi connectivity index (χ4v) is 4.72. The van der Waals surface area contributed by atoms with Gasteiger partial charge in [-0.05, 0) is 52.2 Å². The molecule has 1 saturated carbocycles. The molecule has 5 nitrogen and oxygen atoms in total. The Bertz CT molecular complexity index is 865. The lowest BCUT2D eigenvalue weighted by atomic mass is 9.85. The Morgan fingerprint density at radius 1 is 1.29 bits per heavy atom. The van der Waals surface area contributed by atoms with Gasteiger partial charge in [0.25, 0.3) is 5.91 Å². The van der Waals surface area contributed by atoms with E-state index >= 15 is 0 Å². The zero-order chi connectivity index (χ0) is 20.3. The van der Waals surface area contributed by atoms with E-state index in [1.54, 1.807) is 0 Å². The van der Waals surface area contributed by atoms with Gasteiger partial charge in [-0.1, -0.05) is 30.2 Å². The highest BCUT2D eigenvalue weighted by Gasteiger charge is 2.29. The number of hydrogen-bond donors (Lipinski definition) is 2. The Balaban J connectivity index is 1.67. The van der Waals surface area contributed by atoms with E-state index in [4.69, 9.17) is 11.6 Å². The predicted octanol–water partition coefficient (Wildman–Crippen LogP) is 4.59. The van der Waals surface area contributed by atoms with Crippen LogP contribution in [-0.4, -0.2) is 28.9 Å². The van der Waals surface area contributed by atoms with E-state index in [0.29, 0.717) is 22.0 Å². The summed E-state index contributed by atoms with van der Waals surface area (Å²) in [4.78, 5) is 30.3. The van der Waals surface area contributed by atoms with Crippen molar-refractivity contribution in [3.05, 3.63) is 39.9 Å². The number of carbonyl (C=O) groups is 2. The molecule has 3 rings (SSSR count). The summed E-state index contributed by atoms with van der Waals surface area (Å²) in [5.41, 5.74) is 1.62. The second kappa shape index (κ2) is 9.05. The lowest BCUT2D eigenvalue weighted by Crippen LogP contribution is -2.43. The number of hydrogen-bond acceptors (Lipinski definition) is 4. The van der Waals surface area contributed by atoms with Gasteiger partial charge in [-0.3, -0.25) is 9.59 Å². The summed E-state index contributed by atoms with van der Waals surface area (Å²) in [6.45, 7) is 5.77. The molecule has 1 aromatic heterocycles. The van der Waals surface area contributed by atoms with Crippen molar-refractivity contribution in [3.63, 3.8) is 0 Å². The van der Waals surface area contributed by atoms with Gasteiger partial charge < -0.3 is 10.6 Å². The maximum absolute atomic E-state index is 12.8. The van der Waals surface area contributed by atoms with Crippen molar-refractivity contribution in [1.29, 1.82) is 0 Å². The number of rotatable bonds is 5. The average molecular weight is 420 g/mol. The van der Waals surface area contributed by atoms with Crippen molar-refractivity contribution in [2.75, 3.05) is 0 Å². The highest BCUT2D eigenvalue weighted by molar-refractivity contribution is 7.17. The maximum Gasteiger partial charge on any atom is 0.263 e. The van der Waals surface area contributed by atoms with Crippen LogP contribution in [0.3, 0.4) is 0 Å². The Morgan fingerprint density at radius 3 is 2.79 bits per heavy atom. The van der Waals surface area contributed by atoms with Crippen LogP contribution in [-0.2, 0) is 4.79 Å². The molecular formula is C21H26ClN3O2S. The lowest BCUT2D eigenvalue weighted by Gasteiger charge is -2.29. The summed E-state index contributed by atoms with van der Waals surface area (Å²) >= 11 is 7.44. The van der Waals surface area contributed by atoms with Gasteiger partial charge in [-0.2, -0.15) is 0 Å². The summed E-state index contributed by atoms with van der Waals surface area (Å²) in [5.74, 6) is -0.0598. The normalized spacial score (nSPS) is 19.5. The molecule has 0 spiro atoms. The third-order valence-corrected chi connectivity index (χ3v) is 6.33. The summed E-state index contributed by atoms with van der Waals surface area (Å²) < 4.78 is 0. The molecule has 0 radical (unpaired) electrons. The minimum absolute atomic E-state index is 0.0141.